The molecule has 4 heteroatoms. The van der Waals surface area contributed by atoms with Crippen LogP contribution in [0.5, 0.6) is 11.5 Å². The third-order valence-corrected chi connectivity index (χ3v) is 5.09. The minimum atomic E-state index is 0.209. The second kappa shape index (κ2) is 4.93. The summed E-state index contributed by atoms with van der Waals surface area (Å²) in [5.74, 6) is 3.29. The fourth-order valence-corrected chi connectivity index (χ4v) is 3.49. The molecule has 0 bridgehead atoms. The molecule has 0 spiro atoms. The summed E-state index contributed by atoms with van der Waals surface area (Å²) in [5.41, 5.74) is 1.26. The summed E-state index contributed by atoms with van der Waals surface area (Å²) >= 11 is 0. The summed E-state index contributed by atoms with van der Waals surface area (Å²) in [6.45, 7) is 4.13. The van der Waals surface area contributed by atoms with E-state index in [1.54, 1.807) is 0 Å². The van der Waals surface area contributed by atoms with E-state index in [2.05, 4.69) is 24.0 Å². The van der Waals surface area contributed by atoms with Crippen LogP contribution in [0.25, 0.3) is 0 Å². The largest absolute Gasteiger partial charge is 0.454 e. The summed E-state index contributed by atoms with van der Waals surface area (Å²) in [4.78, 5) is 14.5. The fourth-order valence-electron chi connectivity index (χ4n) is 3.49. The average Bonchev–Trinajstić information content (AvgIpc) is 3.05. The molecule has 1 saturated carbocycles. The van der Waals surface area contributed by atoms with E-state index < -0.39 is 0 Å². The van der Waals surface area contributed by atoms with E-state index >= 15 is 0 Å². The zero-order chi connectivity index (χ0) is 14.4. The molecule has 2 unspecified atom stereocenters. The van der Waals surface area contributed by atoms with Gasteiger partial charge in [-0.2, -0.15) is 0 Å². The highest BCUT2D eigenvalue weighted by Crippen LogP contribution is 2.40. The molecule has 4 nitrogen and oxygen atoms in total. The Morgan fingerprint density at radius 3 is 2.86 bits per heavy atom. The first-order chi connectivity index (χ1) is 10.2. The van der Waals surface area contributed by atoms with E-state index in [0.717, 1.165) is 31.0 Å². The van der Waals surface area contributed by atoms with Crippen molar-refractivity contribution in [3.63, 3.8) is 0 Å². The van der Waals surface area contributed by atoms with Crippen LogP contribution < -0.4 is 9.47 Å². The first-order valence-electron chi connectivity index (χ1n) is 7.90. The lowest BCUT2D eigenvalue weighted by molar-refractivity contribution is -0.134. The molecule has 1 saturated heterocycles. The van der Waals surface area contributed by atoms with E-state index in [1.807, 2.05) is 6.07 Å². The maximum Gasteiger partial charge on any atom is 0.231 e. The topological polar surface area (TPSA) is 38.8 Å². The first kappa shape index (κ1) is 13.0. The van der Waals surface area contributed by atoms with E-state index in [4.69, 9.17) is 9.47 Å². The zero-order valence-corrected chi connectivity index (χ0v) is 12.4. The molecule has 2 aliphatic heterocycles. The third-order valence-electron chi connectivity index (χ3n) is 5.09. The number of carbonyl (C=O) groups excluding carboxylic acids is 1. The van der Waals surface area contributed by atoms with Gasteiger partial charge in [0.15, 0.2) is 11.5 Å². The summed E-state index contributed by atoms with van der Waals surface area (Å²) < 4.78 is 10.8. The molecule has 2 fully saturated rings. The Kier molecular flexibility index (Phi) is 3.05. The van der Waals surface area contributed by atoms with Crippen molar-refractivity contribution in [3.05, 3.63) is 23.8 Å². The molecule has 4 rings (SSSR count). The lowest BCUT2D eigenvalue weighted by atomic mass is 9.98. The van der Waals surface area contributed by atoms with Gasteiger partial charge in [0.2, 0.25) is 12.7 Å². The van der Waals surface area contributed by atoms with E-state index in [9.17, 15) is 4.79 Å². The van der Waals surface area contributed by atoms with Crippen molar-refractivity contribution >= 4 is 5.91 Å². The number of likely N-dealkylation sites (tertiary alicyclic amines) is 1. The number of nitrogens with zero attached hydrogens (tertiary/aromatic N) is 1. The normalized spacial score (nSPS) is 25.2. The summed E-state index contributed by atoms with van der Waals surface area (Å²) in [7, 11) is 0. The Balaban J connectivity index is 1.45. The highest BCUT2D eigenvalue weighted by molar-refractivity contribution is 5.79. The summed E-state index contributed by atoms with van der Waals surface area (Å²) in [6, 6.07) is 6.16. The number of ether oxygens (including phenoxy) is 2. The molecular formula is C17H21NO3. The Morgan fingerprint density at radius 1 is 1.24 bits per heavy atom. The number of hydrogen-bond donors (Lipinski definition) is 0. The van der Waals surface area contributed by atoms with E-state index in [-0.39, 0.29) is 5.92 Å². The molecule has 2 atom stereocenters. The van der Waals surface area contributed by atoms with Crippen molar-refractivity contribution in [2.24, 2.45) is 11.8 Å². The zero-order valence-electron chi connectivity index (χ0n) is 12.4. The van der Waals surface area contributed by atoms with Crippen molar-refractivity contribution in [2.45, 2.75) is 32.1 Å². The van der Waals surface area contributed by atoms with Crippen LogP contribution in [0.1, 0.15) is 37.7 Å². The van der Waals surface area contributed by atoms with Gasteiger partial charge in [0, 0.05) is 24.9 Å². The number of benzene rings is 1. The predicted molar refractivity (Wildman–Crippen MR) is 78.4 cm³/mol. The van der Waals surface area contributed by atoms with Crippen molar-refractivity contribution in [1.29, 1.82) is 0 Å². The Bertz CT molecular complexity index is 567. The minimum absolute atomic E-state index is 0.209. The van der Waals surface area contributed by atoms with Gasteiger partial charge < -0.3 is 14.4 Å². The van der Waals surface area contributed by atoms with Gasteiger partial charge in [0.25, 0.3) is 0 Å². The molecule has 0 N–H and O–H groups in total. The predicted octanol–water partition coefficient (Wildman–Crippen LogP) is 2.78. The van der Waals surface area contributed by atoms with Gasteiger partial charge in [-0.3, -0.25) is 4.79 Å². The molecule has 112 valence electrons. The van der Waals surface area contributed by atoms with Crippen LogP contribution in [0, 0.1) is 11.8 Å². The quantitative estimate of drug-likeness (QED) is 0.858. The molecule has 1 aromatic rings. The number of carbonyl (C=O) groups is 1. The molecular weight excluding hydrogens is 266 g/mol. The van der Waals surface area contributed by atoms with Crippen LogP contribution in [0.15, 0.2) is 18.2 Å². The maximum atomic E-state index is 12.5. The minimum Gasteiger partial charge on any atom is -0.454 e. The van der Waals surface area contributed by atoms with Gasteiger partial charge in [0.1, 0.15) is 0 Å². The molecule has 2 heterocycles. The molecule has 0 radical (unpaired) electrons. The highest BCUT2D eigenvalue weighted by atomic mass is 16.7. The molecule has 1 aliphatic carbocycles. The van der Waals surface area contributed by atoms with Gasteiger partial charge in [0.05, 0.1) is 0 Å². The SMILES string of the molecule is CC(C(=O)N1CCC(c2ccc3c(c2)OCO3)C1)C1CC1. The Labute approximate surface area is 125 Å². The van der Waals surface area contributed by atoms with E-state index in [1.165, 1.54) is 18.4 Å². The number of rotatable bonds is 3. The average molecular weight is 287 g/mol. The van der Waals surface area contributed by atoms with E-state index in [0.29, 0.717) is 24.5 Å². The molecule has 0 aromatic heterocycles. The fraction of sp³-hybridized carbons (Fsp3) is 0.588. The number of amides is 1. The molecule has 21 heavy (non-hydrogen) atoms. The van der Waals surface area contributed by atoms with Crippen LogP contribution in [0.3, 0.4) is 0 Å². The second-order valence-electron chi connectivity index (χ2n) is 6.51. The first-order valence-corrected chi connectivity index (χ1v) is 7.90. The van der Waals surface area contributed by atoms with Crippen LogP contribution in [0.4, 0.5) is 0 Å². The van der Waals surface area contributed by atoms with Gasteiger partial charge in [-0.15, -0.1) is 0 Å². The smallest absolute Gasteiger partial charge is 0.231 e. The second-order valence-corrected chi connectivity index (χ2v) is 6.51. The van der Waals surface area contributed by atoms with Crippen molar-refractivity contribution in [3.8, 4) is 11.5 Å². The van der Waals surface area contributed by atoms with Crippen molar-refractivity contribution in [2.75, 3.05) is 19.9 Å². The third kappa shape index (κ3) is 2.37. The van der Waals surface area contributed by atoms with Crippen molar-refractivity contribution in [1.82, 2.24) is 4.90 Å². The van der Waals surface area contributed by atoms with Gasteiger partial charge in [-0.1, -0.05) is 13.0 Å². The lowest BCUT2D eigenvalue weighted by Crippen LogP contribution is -2.34. The molecule has 3 aliphatic rings. The molecule has 1 amide bonds. The monoisotopic (exact) mass is 287 g/mol. The number of fused-ring (bicyclic) bond motifs is 1. The summed E-state index contributed by atoms with van der Waals surface area (Å²) in [6.07, 6.45) is 3.50. The number of hydrogen-bond acceptors (Lipinski definition) is 3. The van der Waals surface area contributed by atoms with Crippen LogP contribution in [0.2, 0.25) is 0 Å². The molecule has 1 aromatic carbocycles. The Hall–Kier alpha value is -1.71. The standard InChI is InChI=1S/C17H21NO3/c1-11(12-2-3-12)17(19)18-7-6-14(9-18)13-4-5-15-16(8-13)21-10-20-15/h4-5,8,11-12,14H,2-3,6-7,9-10H2,1H3. The maximum absolute atomic E-state index is 12.5. The van der Waals surface area contributed by atoms with Gasteiger partial charge >= 0.3 is 0 Å². The van der Waals surface area contributed by atoms with Gasteiger partial charge in [-0.25, -0.2) is 0 Å². The Morgan fingerprint density at radius 2 is 2.05 bits per heavy atom. The van der Waals surface area contributed by atoms with Crippen molar-refractivity contribution < 1.29 is 14.3 Å². The lowest BCUT2D eigenvalue weighted by Gasteiger charge is -2.21. The van der Waals surface area contributed by atoms with Crippen LogP contribution in [-0.4, -0.2) is 30.7 Å². The van der Waals surface area contributed by atoms with Crippen LogP contribution >= 0.6 is 0 Å². The summed E-state index contributed by atoms with van der Waals surface area (Å²) in [5, 5.41) is 0. The van der Waals surface area contributed by atoms with Crippen LogP contribution in [-0.2, 0) is 4.79 Å². The highest BCUT2D eigenvalue weighted by Gasteiger charge is 2.37. The van der Waals surface area contributed by atoms with Gasteiger partial charge in [-0.05, 0) is 42.9 Å².